The highest BCUT2D eigenvalue weighted by molar-refractivity contribution is 5.46. The second-order valence-electron chi connectivity index (χ2n) is 5.09. The van der Waals surface area contributed by atoms with Gasteiger partial charge in [0.1, 0.15) is 0 Å². The van der Waals surface area contributed by atoms with Crippen molar-refractivity contribution in [3.05, 3.63) is 29.8 Å². The summed E-state index contributed by atoms with van der Waals surface area (Å²) in [7, 11) is 1.70. The number of aliphatic hydroxyl groups is 1. The zero-order valence-corrected chi connectivity index (χ0v) is 11.1. The number of nitrogens with one attached hydrogen (secondary N) is 1. The molecule has 0 amide bonds. The Bertz CT molecular complexity index is 367. The van der Waals surface area contributed by atoms with Gasteiger partial charge in [0.15, 0.2) is 0 Å². The maximum atomic E-state index is 10.1. The minimum atomic E-state index is -0.224. The molecule has 2 rings (SSSR count). The largest absolute Gasteiger partial charge is 0.391 e. The second kappa shape index (κ2) is 6.76. The number of hydrogen-bond donors (Lipinski definition) is 2. The van der Waals surface area contributed by atoms with Crippen LogP contribution >= 0.6 is 0 Å². The van der Waals surface area contributed by atoms with E-state index in [4.69, 9.17) is 4.74 Å². The summed E-state index contributed by atoms with van der Waals surface area (Å²) in [5, 5.41) is 13.6. The molecule has 100 valence electrons. The van der Waals surface area contributed by atoms with Crippen molar-refractivity contribution in [2.75, 3.05) is 12.4 Å². The quantitative estimate of drug-likeness (QED) is 0.806. The van der Waals surface area contributed by atoms with E-state index in [2.05, 4.69) is 23.5 Å². The Morgan fingerprint density at radius 2 is 2.11 bits per heavy atom. The molecule has 2 unspecified atom stereocenters. The van der Waals surface area contributed by atoms with Crippen LogP contribution < -0.4 is 5.32 Å². The van der Waals surface area contributed by atoms with Gasteiger partial charge in [0.05, 0.1) is 18.8 Å². The Kier molecular flexibility index (Phi) is 5.02. The van der Waals surface area contributed by atoms with Crippen LogP contribution in [-0.4, -0.2) is 24.4 Å². The predicted octanol–water partition coefficient (Wildman–Crippen LogP) is 2.94. The van der Waals surface area contributed by atoms with Crippen LogP contribution in [0.2, 0.25) is 0 Å². The fraction of sp³-hybridized carbons (Fsp3) is 0.600. The molecule has 1 aliphatic carbocycles. The fourth-order valence-electron chi connectivity index (χ4n) is 2.59. The smallest absolute Gasteiger partial charge is 0.0741 e. The summed E-state index contributed by atoms with van der Waals surface area (Å²) >= 11 is 0. The maximum Gasteiger partial charge on any atom is 0.0741 e. The molecule has 0 bridgehead atoms. The van der Waals surface area contributed by atoms with Gasteiger partial charge >= 0.3 is 0 Å². The summed E-state index contributed by atoms with van der Waals surface area (Å²) in [6.45, 7) is 0.628. The fourth-order valence-corrected chi connectivity index (χ4v) is 2.59. The van der Waals surface area contributed by atoms with Gasteiger partial charge in [-0.05, 0) is 30.5 Å². The highest BCUT2D eigenvalue weighted by Crippen LogP contribution is 2.22. The van der Waals surface area contributed by atoms with Crippen molar-refractivity contribution in [1.82, 2.24) is 0 Å². The molecule has 0 heterocycles. The first-order valence-electron chi connectivity index (χ1n) is 6.82. The highest BCUT2D eigenvalue weighted by atomic mass is 16.5. The lowest BCUT2D eigenvalue weighted by Gasteiger charge is -2.23. The van der Waals surface area contributed by atoms with Gasteiger partial charge in [0, 0.05) is 12.8 Å². The van der Waals surface area contributed by atoms with Gasteiger partial charge in [0.25, 0.3) is 0 Å². The van der Waals surface area contributed by atoms with E-state index >= 15 is 0 Å². The van der Waals surface area contributed by atoms with Crippen molar-refractivity contribution in [2.45, 2.75) is 50.9 Å². The summed E-state index contributed by atoms with van der Waals surface area (Å²) in [4.78, 5) is 0. The Morgan fingerprint density at radius 3 is 2.94 bits per heavy atom. The third-order valence-electron chi connectivity index (χ3n) is 3.57. The van der Waals surface area contributed by atoms with E-state index < -0.39 is 0 Å². The number of ether oxygens (including phenoxy) is 1. The Hall–Kier alpha value is -1.06. The summed E-state index contributed by atoms with van der Waals surface area (Å²) in [5.41, 5.74) is 2.24. The molecule has 3 nitrogen and oxygen atoms in total. The summed E-state index contributed by atoms with van der Waals surface area (Å²) < 4.78 is 5.14. The molecule has 1 aromatic carbocycles. The van der Waals surface area contributed by atoms with E-state index in [1.807, 2.05) is 6.07 Å². The van der Waals surface area contributed by atoms with Crippen molar-refractivity contribution in [3.63, 3.8) is 0 Å². The molecular weight excluding hydrogens is 226 g/mol. The minimum Gasteiger partial charge on any atom is -0.391 e. The highest BCUT2D eigenvalue weighted by Gasteiger charge is 2.21. The van der Waals surface area contributed by atoms with Gasteiger partial charge in [-0.1, -0.05) is 31.4 Å². The monoisotopic (exact) mass is 249 g/mol. The van der Waals surface area contributed by atoms with E-state index in [-0.39, 0.29) is 12.1 Å². The number of methoxy groups -OCH3 is 1. The van der Waals surface area contributed by atoms with Crippen LogP contribution in [0.4, 0.5) is 5.69 Å². The molecule has 2 atom stereocenters. The van der Waals surface area contributed by atoms with Crippen LogP contribution in [0.15, 0.2) is 24.3 Å². The van der Waals surface area contributed by atoms with Crippen LogP contribution in [0, 0.1) is 0 Å². The number of aliphatic hydroxyl groups excluding tert-OH is 1. The lowest BCUT2D eigenvalue weighted by molar-refractivity contribution is 0.144. The summed E-state index contributed by atoms with van der Waals surface area (Å²) in [6.07, 6.45) is 5.32. The van der Waals surface area contributed by atoms with Crippen LogP contribution in [0.1, 0.15) is 37.7 Å². The molecule has 0 spiro atoms. The third-order valence-corrected chi connectivity index (χ3v) is 3.57. The van der Waals surface area contributed by atoms with E-state index in [0.29, 0.717) is 6.61 Å². The lowest BCUT2D eigenvalue weighted by atomic mass is 10.1. The van der Waals surface area contributed by atoms with E-state index in [1.54, 1.807) is 7.11 Å². The molecule has 2 N–H and O–H groups in total. The molecular formula is C15H23NO2. The van der Waals surface area contributed by atoms with Crippen molar-refractivity contribution in [2.24, 2.45) is 0 Å². The molecule has 1 aliphatic rings. The topological polar surface area (TPSA) is 41.5 Å². The molecule has 1 aromatic rings. The molecule has 1 saturated carbocycles. The zero-order valence-electron chi connectivity index (χ0n) is 11.1. The number of hydrogen-bond acceptors (Lipinski definition) is 3. The Morgan fingerprint density at radius 1 is 1.28 bits per heavy atom. The molecule has 3 heteroatoms. The standard InChI is InChI=1S/C15H23NO2/c1-18-11-12-6-5-7-13(10-12)16-14-8-3-2-4-9-15(14)17/h5-7,10,14-17H,2-4,8-9,11H2,1H3. The zero-order chi connectivity index (χ0) is 12.8. The number of anilines is 1. The molecule has 0 saturated heterocycles. The maximum absolute atomic E-state index is 10.1. The molecule has 18 heavy (non-hydrogen) atoms. The van der Waals surface area contributed by atoms with Crippen LogP contribution in [0.5, 0.6) is 0 Å². The van der Waals surface area contributed by atoms with Crippen LogP contribution in [0.3, 0.4) is 0 Å². The number of rotatable bonds is 4. The van der Waals surface area contributed by atoms with Gasteiger partial charge in [-0.15, -0.1) is 0 Å². The predicted molar refractivity (Wildman–Crippen MR) is 73.7 cm³/mol. The number of benzene rings is 1. The minimum absolute atomic E-state index is 0.185. The lowest BCUT2D eigenvalue weighted by Crippen LogP contribution is -2.32. The van der Waals surface area contributed by atoms with Crippen molar-refractivity contribution in [1.29, 1.82) is 0 Å². The van der Waals surface area contributed by atoms with Gasteiger partial charge in [-0.2, -0.15) is 0 Å². The third kappa shape index (κ3) is 3.72. The second-order valence-corrected chi connectivity index (χ2v) is 5.09. The van der Waals surface area contributed by atoms with E-state index in [0.717, 1.165) is 30.5 Å². The van der Waals surface area contributed by atoms with Gasteiger partial charge in [-0.25, -0.2) is 0 Å². The summed E-state index contributed by atoms with van der Waals surface area (Å²) in [6, 6.07) is 8.42. The first-order valence-corrected chi connectivity index (χ1v) is 6.82. The van der Waals surface area contributed by atoms with Gasteiger partial charge < -0.3 is 15.2 Å². The van der Waals surface area contributed by atoms with E-state index in [9.17, 15) is 5.11 Å². The van der Waals surface area contributed by atoms with Crippen molar-refractivity contribution >= 4 is 5.69 Å². The molecule has 1 fully saturated rings. The average molecular weight is 249 g/mol. The Labute approximate surface area is 109 Å². The van der Waals surface area contributed by atoms with Crippen LogP contribution in [-0.2, 0) is 11.3 Å². The van der Waals surface area contributed by atoms with Gasteiger partial charge in [-0.3, -0.25) is 0 Å². The molecule has 0 aliphatic heterocycles. The van der Waals surface area contributed by atoms with Crippen molar-refractivity contribution < 1.29 is 9.84 Å². The Balaban J connectivity index is 2.00. The van der Waals surface area contributed by atoms with Crippen molar-refractivity contribution in [3.8, 4) is 0 Å². The van der Waals surface area contributed by atoms with E-state index in [1.165, 1.54) is 12.8 Å². The molecule has 0 aromatic heterocycles. The first-order chi connectivity index (χ1) is 8.79. The average Bonchev–Trinajstić information content (AvgIpc) is 2.56. The van der Waals surface area contributed by atoms with Gasteiger partial charge in [0.2, 0.25) is 0 Å². The molecule has 0 radical (unpaired) electrons. The summed E-state index contributed by atoms with van der Waals surface area (Å²) in [5.74, 6) is 0. The SMILES string of the molecule is COCc1cccc(NC2CCCCCC2O)c1. The first kappa shape index (κ1) is 13.4. The van der Waals surface area contributed by atoms with Crippen LogP contribution in [0.25, 0.3) is 0 Å². The normalized spacial score (nSPS) is 24.6.